The Bertz CT molecular complexity index is 432. The van der Waals surface area contributed by atoms with Crippen molar-refractivity contribution in [3.63, 3.8) is 0 Å². The summed E-state index contributed by atoms with van der Waals surface area (Å²) in [6, 6.07) is 3.84. The molecule has 0 N–H and O–H groups in total. The fourth-order valence-electron chi connectivity index (χ4n) is 1.25. The van der Waals surface area contributed by atoms with Crippen molar-refractivity contribution in [2.75, 3.05) is 6.61 Å². The molecule has 3 nitrogen and oxygen atoms in total. The van der Waals surface area contributed by atoms with Gasteiger partial charge in [-0.1, -0.05) is 0 Å². The van der Waals surface area contributed by atoms with Gasteiger partial charge >= 0.3 is 12.3 Å². The average molecular weight is 374 g/mol. The van der Waals surface area contributed by atoms with E-state index in [1.54, 1.807) is 6.92 Å². The molecule has 0 spiro atoms. The fourth-order valence-corrected chi connectivity index (χ4v) is 1.78. The number of benzene rings is 1. The molecule has 0 bridgehead atoms. The molecule has 0 saturated heterocycles. The average Bonchev–Trinajstić information content (AvgIpc) is 2.21. The molecule has 100 valence electrons. The van der Waals surface area contributed by atoms with Crippen LogP contribution >= 0.6 is 22.6 Å². The highest BCUT2D eigenvalue weighted by molar-refractivity contribution is 14.1. The second-order valence-corrected chi connectivity index (χ2v) is 4.45. The Balaban J connectivity index is 2.84. The van der Waals surface area contributed by atoms with Crippen molar-refractivity contribution < 1.29 is 27.4 Å². The third-order valence-corrected chi connectivity index (χ3v) is 2.94. The molecule has 1 aromatic carbocycles. The standard InChI is InChI=1S/C11H10F3IO3/c1-2-17-10(16)6-7-5-8(3-4-9(7)15)18-11(12,13)14/h3-5H,2,6H2,1H3. The summed E-state index contributed by atoms with van der Waals surface area (Å²) in [5.41, 5.74) is 0.441. The van der Waals surface area contributed by atoms with E-state index in [-0.39, 0.29) is 18.8 Å². The maximum atomic E-state index is 12.0. The number of ether oxygens (including phenoxy) is 2. The molecule has 7 heteroatoms. The summed E-state index contributed by atoms with van der Waals surface area (Å²) in [5, 5.41) is 0. The molecular weight excluding hydrogens is 364 g/mol. The van der Waals surface area contributed by atoms with Crippen LogP contribution in [0.2, 0.25) is 0 Å². The van der Waals surface area contributed by atoms with Crippen molar-refractivity contribution in [1.82, 2.24) is 0 Å². The highest BCUT2D eigenvalue weighted by Gasteiger charge is 2.31. The quantitative estimate of drug-likeness (QED) is 0.600. The van der Waals surface area contributed by atoms with Crippen molar-refractivity contribution >= 4 is 28.6 Å². The van der Waals surface area contributed by atoms with E-state index in [4.69, 9.17) is 4.74 Å². The van der Waals surface area contributed by atoms with Gasteiger partial charge in [-0.05, 0) is 53.3 Å². The lowest BCUT2D eigenvalue weighted by atomic mass is 10.1. The van der Waals surface area contributed by atoms with Gasteiger partial charge in [-0.25, -0.2) is 0 Å². The van der Waals surface area contributed by atoms with E-state index in [1.165, 1.54) is 18.2 Å². The van der Waals surface area contributed by atoms with Gasteiger partial charge < -0.3 is 9.47 Å². The largest absolute Gasteiger partial charge is 0.573 e. The molecule has 1 rings (SSSR count). The number of carbonyl (C=O) groups is 1. The first-order chi connectivity index (χ1) is 8.31. The van der Waals surface area contributed by atoms with Crippen LogP contribution in [0.1, 0.15) is 12.5 Å². The number of halogens is 4. The van der Waals surface area contributed by atoms with E-state index in [0.29, 0.717) is 9.13 Å². The van der Waals surface area contributed by atoms with Crippen molar-refractivity contribution in [3.05, 3.63) is 27.3 Å². The van der Waals surface area contributed by atoms with Crippen LogP contribution in [0.4, 0.5) is 13.2 Å². The lowest BCUT2D eigenvalue weighted by molar-refractivity contribution is -0.274. The molecule has 0 fully saturated rings. The molecule has 1 aromatic rings. The Hall–Kier alpha value is -0.990. The van der Waals surface area contributed by atoms with Crippen molar-refractivity contribution in [2.24, 2.45) is 0 Å². The Kier molecular flexibility index (Phi) is 5.24. The predicted molar refractivity (Wildman–Crippen MR) is 66.2 cm³/mol. The van der Waals surface area contributed by atoms with Gasteiger partial charge in [-0.2, -0.15) is 0 Å². The lowest BCUT2D eigenvalue weighted by Gasteiger charge is -2.11. The highest BCUT2D eigenvalue weighted by atomic mass is 127. The van der Waals surface area contributed by atoms with Gasteiger partial charge in [-0.3, -0.25) is 4.79 Å². The number of carbonyl (C=O) groups excluding carboxylic acids is 1. The minimum absolute atomic E-state index is 0.0822. The second kappa shape index (κ2) is 6.26. The summed E-state index contributed by atoms with van der Waals surface area (Å²) >= 11 is 1.93. The van der Waals surface area contributed by atoms with E-state index in [9.17, 15) is 18.0 Å². The minimum Gasteiger partial charge on any atom is -0.466 e. The van der Waals surface area contributed by atoms with Crippen LogP contribution in [0.5, 0.6) is 5.75 Å². The van der Waals surface area contributed by atoms with Crippen LogP contribution in [0, 0.1) is 3.57 Å². The zero-order valence-electron chi connectivity index (χ0n) is 9.38. The molecule has 0 saturated carbocycles. The minimum atomic E-state index is -4.74. The topological polar surface area (TPSA) is 35.5 Å². The SMILES string of the molecule is CCOC(=O)Cc1cc(OC(F)(F)F)ccc1I. The monoisotopic (exact) mass is 374 g/mol. The van der Waals surface area contributed by atoms with Gasteiger partial charge in [0.25, 0.3) is 0 Å². The zero-order chi connectivity index (χ0) is 13.8. The molecule has 0 atom stereocenters. The van der Waals surface area contributed by atoms with Crippen LogP contribution in [0.25, 0.3) is 0 Å². The number of rotatable bonds is 4. The summed E-state index contributed by atoms with van der Waals surface area (Å²) in [7, 11) is 0. The number of hydrogen-bond donors (Lipinski definition) is 0. The number of esters is 1. The Labute approximate surface area is 115 Å². The van der Waals surface area contributed by atoms with Gasteiger partial charge in [0.05, 0.1) is 13.0 Å². The first-order valence-corrected chi connectivity index (χ1v) is 6.09. The van der Waals surface area contributed by atoms with E-state index in [2.05, 4.69) is 4.74 Å². The third-order valence-electron chi connectivity index (χ3n) is 1.89. The maximum absolute atomic E-state index is 12.0. The van der Waals surface area contributed by atoms with Crippen molar-refractivity contribution in [1.29, 1.82) is 0 Å². The zero-order valence-corrected chi connectivity index (χ0v) is 11.5. The smallest absolute Gasteiger partial charge is 0.466 e. The van der Waals surface area contributed by atoms with E-state index in [1.807, 2.05) is 22.6 Å². The Morgan fingerprint density at radius 3 is 2.61 bits per heavy atom. The van der Waals surface area contributed by atoms with Gasteiger partial charge in [0.2, 0.25) is 0 Å². The van der Waals surface area contributed by atoms with Crippen LogP contribution in [0.15, 0.2) is 18.2 Å². The molecule has 0 aliphatic carbocycles. The Morgan fingerprint density at radius 1 is 1.39 bits per heavy atom. The molecular formula is C11H10F3IO3. The molecule has 0 aromatic heterocycles. The molecule has 0 amide bonds. The predicted octanol–water partition coefficient (Wildman–Crippen LogP) is 3.30. The van der Waals surface area contributed by atoms with Crippen LogP contribution < -0.4 is 4.74 Å². The molecule has 0 heterocycles. The van der Waals surface area contributed by atoms with E-state index < -0.39 is 12.3 Å². The summed E-state index contributed by atoms with van der Waals surface area (Å²) < 4.78 is 45.3. The molecule has 0 aliphatic rings. The van der Waals surface area contributed by atoms with Gasteiger partial charge in [0.15, 0.2) is 0 Å². The summed E-state index contributed by atoms with van der Waals surface area (Å²) in [6.07, 6.45) is -4.82. The molecule has 0 unspecified atom stereocenters. The first-order valence-electron chi connectivity index (χ1n) is 5.01. The van der Waals surface area contributed by atoms with Gasteiger partial charge in [0, 0.05) is 3.57 Å². The van der Waals surface area contributed by atoms with Crippen molar-refractivity contribution in [3.8, 4) is 5.75 Å². The highest BCUT2D eigenvalue weighted by Crippen LogP contribution is 2.26. The molecule has 18 heavy (non-hydrogen) atoms. The Morgan fingerprint density at radius 2 is 2.06 bits per heavy atom. The van der Waals surface area contributed by atoms with Crippen molar-refractivity contribution in [2.45, 2.75) is 19.7 Å². The van der Waals surface area contributed by atoms with E-state index >= 15 is 0 Å². The number of hydrogen-bond acceptors (Lipinski definition) is 3. The molecule has 0 aliphatic heterocycles. The summed E-state index contributed by atoms with van der Waals surface area (Å²) in [5.74, 6) is -0.832. The second-order valence-electron chi connectivity index (χ2n) is 3.28. The van der Waals surface area contributed by atoms with Gasteiger partial charge in [-0.15, -0.1) is 13.2 Å². The lowest BCUT2D eigenvalue weighted by Crippen LogP contribution is -2.17. The number of alkyl halides is 3. The normalized spacial score (nSPS) is 11.2. The molecule has 0 radical (unpaired) electrons. The van der Waals surface area contributed by atoms with Crippen LogP contribution in [-0.4, -0.2) is 18.9 Å². The van der Waals surface area contributed by atoms with Gasteiger partial charge in [0.1, 0.15) is 5.75 Å². The fraction of sp³-hybridized carbons (Fsp3) is 0.364. The third kappa shape index (κ3) is 5.11. The summed E-state index contributed by atoms with van der Waals surface area (Å²) in [4.78, 5) is 11.3. The maximum Gasteiger partial charge on any atom is 0.573 e. The summed E-state index contributed by atoms with van der Waals surface area (Å²) in [6.45, 7) is 1.89. The van der Waals surface area contributed by atoms with E-state index in [0.717, 1.165) is 0 Å². The van der Waals surface area contributed by atoms with Crippen LogP contribution in [0.3, 0.4) is 0 Å². The first kappa shape index (κ1) is 15.1. The van der Waals surface area contributed by atoms with Crippen LogP contribution in [-0.2, 0) is 16.0 Å².